The quantitative estimate of drug-likeness (QED) is 0.874. The van der Waals surface area contributed by atoms with Crippen molar-refractivity contribution in [2.45, 2.75) is 6.54 Å². The third kappa shape index (κ3) is 2.88. The summed E-state index contributed by atoms with van der Waals surface area (Å²) in [5.41, 5.74) is 1.73. The molecule has 0 saturated heterocycles. The number of rotatable bonds is 5. The number of hydrogen-bond donors (Lipinski definition) is 1. The standard InChI is InChI=1S/C13H15N3O2/c1-17-11-3-4-13(18-2)12(7-11)16-9-10-8-14-5-6-15-10/h3-8,16H,9H2,1-2H3. The van der Waals surface area contributed by atoms with Gasteiger partial charge in [-0.05, 0) is 12.1 Å². The molecule has 1 heterocycles. The van der Waals surface area contributed by atoms with Crippen molar-refractivity contribution >= 4 is 5.69 Å². The van der Waals surface area contributed by atoms with Gasteiger partial charge in [-0.3, -0.25) is 9.97 Å². The summed E-state index contributed by atoms with van der Waals surface area (Å²) >= 11 is 0. The van der Waals surface area contributed by atoms with Crippen molar-refractivity contribution in [1.82, 2.24) is 9.97 Å². The van der Waals surface area contributed by atoms with E-state index in [4.69, 9.17) is 9.47 Å². The van der Waals surface area contributed by atoms with E-state index in [1.807, 2.05) is 18.2 Å². The molecule has 0 fully saturated rings. The van der Waals surface area contributed by atoms with Gasteiger partial charge in [-0.15, -0.1) is 0 Å². The Morgan fingerprint density at radius 3 is 2.72 bits per heavy atom. The van der Waals surface area contributed by atoms with E-state index in [1.165, 1.54) is 0 Å². The third-order valence-electron chi connectivity index (χ3n) is 2.48. The van der Waals surface area contributed by atoms with Crippen molar-refractivity contribution in [3.8, 4) is 11.5 Å². The van der Waals surface area contributed by atoms with Gasteiger partial charge in [0, 0.05) is 18.5 Å². The Hall–Kier alpha value is -2.30. The monoisotopic (exact) mass is 245 g/mol. The average Bonchev–Trinajstić information content (AvgIpc) is 2.45. The molecule has 2 aromatic rings. The largest absolute Gasteiger partial charge is 0.497 e. The van der Waals surface area contributed by atoms with Gasteiger partial charge in [0.05, 0.1) is 38.3 Å². The van der Waals surface area contributed by atoms with Gasteiger partial charge in [0.25, 0.3) is 0 Å². The number of hydrogen-bond acceptors (Lipinski definition) is 5. The van der Waals surface area contributed by atoms with Crippen LogP contribution < -0.4 is 14.8 Å². The van der Waals surface area contributed by atoms with Gasteiger partial charge in [0.15, 0.2) is 0 Å². The second-order valence-electron chi connectivity index (χ2n) is 3.62. The summed E-state index contributed by atoms with van der Waals surface area (Å²) in [5, 5.41) is 3.25. The first-order chi connectivity index (χ1) is 8.83. The zero-order valence-electron chi connectivity index (χ0n) is 10.4. The Kier molecular flexibility index (Phi) is 3.96. The number of aromatic nitrogens is 2. The predicted molar refractivity (Wildman–Crippen MR) is 68.9 cm³/mol. The summed E-state index contributed by atoms with van der Waals surface area (Å²) in [6, 6.07) is 5.60. The van der Waals surface area contributed by atoms with Crippen LogP contribution in [0.1, 0.15) is 5.69 Å². The van der Waals surface area contributed by atoms with Gasteiger partial charge in [0.1, 0.15) is 11.5 Å². The van der Waals surface area contributed by atoms with Crippen LogP contribution in [0, 0.1) is 0 Å². The molecule has 18 heavy (non-hydrogen) atoms. The lowest BCUT2D eigenvalue weighted by atomic mass is 10.2. The van der Waals surface area contributed by atoms with E-state index >= 15 is 0 Å². The minimum absolute atomic E-state index is 0.581. The molecule has 1 N–H and O–H groups in total. The molecule has 0 aliphatic rings. The van der Waals surface area contributed by atoms with Gasteiger partial charge in [-0.1, -0.05) is 0 Å². The fraction of sp³-hybridized carbons (Fsp3) is 0.231. The number of benzene rings is 1. The minimum atomic E-state index is 0.581. The van der Waals surface area contributed by atoms with E-state index in [-0.39, 0.29) is 0 Å². The molecule has 5 nitrogen and oxygen atoms in total. The van der Waals surface area contributed by atoms with Gasteiger partial charge in [0.2, 0.25) is 0 Å². The topological polar surface area (TPSA) is 56.3 Å². The van der Waals surface area contributed by atoms with Gasteiger partial charge in [-0.25, -0.2) is 0 Å². The van der Waals surface area contributed by atoms with Crippen LogP contribution in [0.5, 0.6) is 11.5 Å². The zero-order chi connectivity index (χ0) is 12.8. The van der Waals surface area contributed by atoms with E-state index in [9.17, 15) is 0 Å². The van der Waals surface area contributed by atoms with Crippen LogP contribution in [0.15, 0.2) is 36.8 Å². The molecule has 1 aromatic heterocycles. The van der Waals surface area contributed by atoms with Crippen molar-refractivity contribution in [1.29, 1.82) is 0 Å². The third-order valence-corrected chi connectivity index (χ3v) is 2.48. The Morgan fingerprint density at radius 1 is 1.17 bits per heavy atom. The maximum Gasteiger partial charge on any atom is 0.142 e. The summed E-state index contributed by atoms with van der Waals surface area (Å²) in [5.74, 6) is 1.54. The minimum Gasteiger partial charge on any atom is -0.497 e. The van der Waals surface area contributed by atoms with Crippen molar-refractivity contribution in [3.05, 3.63) is 42.5 Å². The number of nitrogens with one attached hydrogen (secondary N) is 1. The molecule has 0 aliphatic carbocycles. The molecule has 0 spiro atoms. The van der Waals surface area contributed by atoms with E-state index in [0.29, 0.717) is 6.54 Å². The summed E-state index contributed by atoms with van der Waals surface area (Å²) in [6.45, 7) is 0.581. The first-order valence-electron chi connectivity index (χ1n) is 5.54. The molecule has 1 aromatic carbocycles. The zero-order valence-corrected chi connectivity index (χ0v) is 10.4. The van der Waals surface area contributed by atoms with Crippen molar-refractivity contribution in [3.63, 3.8) is 0 Å². The highest BCUT2D eigenvalue weighted by Gasteiger charge is 2.04. The molecular weight excluding hydrogens is 230 g/mol. The fourth-order valence-electron chi connectivity index (χ4n) is 1.56. The highest BCUT2D eigenvalue weighted by molar-refractivity contribution is 5.59. The summed E-state index contributed by atoms with van der Waals surface area (Å²) in [7, 11) is 3.27. The highest BCUT2D eigenvalue weighted by Crippen LogP contribution is 2.29. The van der Waals surface area contributed by atoms with Crippen LogP contribution in [-0.2, 0) is 6.54 Å². The second-order valence-corrected chi connectivity index (χ2v) is 3.62. The molecule has 2 rings (SSSR count). The van der Waals surface area contributed by atoms with Crippen LogP contribution in [0.2, 0.25) is 0 Å². The molecule has 0 atom stereocenters. The van der Waals surface area contributed by atoms with Crippen LogP contribution in [-0.4, -0.2) is 24.2 Å². The fourth-order valence-corrected chi connectivity index (χ4v) is 1.56. The first-order valence-corrected chi connectivity index (χ1v) is 5.54. The Labute approximate surface area is 106 Å². The van der Waals surface area contributed by atoms with E-state index < -0.39 is 0 Å². The number of methoxy groups -OCH3 is 2. The molecule has 0 amide bonds. The lowest BCUT2D eigenvalue weighted by Gasteiger charge is -2.12. The molecule has 94 valence electrons. The van der Waals surface area contributed by atoms with Crippen molar-refractivity contribution in [2.75, 3.05) is 19.5 Å². The number of nitrogens with zero attached hydrogens (tertiary/aromatic N) is 2. The SMILES string of the molecule is COc1ccc(OC)c(NCc2cnccn2)c1. The highest BCUT2D eigenvalue weighted by atomic mass is 16.5. The Morgan fingerprint density at radius 2 is 2.06 bits per heavy atom. The van der Waals surface area contributed by atoms with E-state index in [2.05, 4.69) is 15.3 Å². The van der Waals surface area contributed by atoms with Crippen LogP contribution in [0.3, 0.4) is 0 Å². The van der Waals surface area contributed by atoms with E-state index in [0.717, 1.165) is 22.9 Å². The summed E-state index contributed by atoms with van der Waals surface area (Å²) in [6.07, 6.45) is 5.04. The molecule has 5 heteroatoms. The second kappa shape index (κ2) is 5.86. The van der Waals surface area contributed by atoms with Crippen LogP contribution in [0.25, 0.3) is 0 Å². The smallest absolute Gasteiger partial charge is 0.142 e. The summed E-state index contributed by atoms with van der Waals surface area (Å²) in [4.78, 5) is 8.21. The molecular formula is C13H15N3O2. The average molecular weight is 245 g/mol. The Balaban J connectivity index is 2.12. The number of anilines is 1. The molecule has 0 bridgehead atoms. The van der Waals surface area contributed by atoms with Gasteiger partial charge >= 0.3 is 0 Å². The molecule has 0 unspecified atom stereocenters. The maximum atomic E-state index is 5.28. The van der Waals surface area contributed by atoms with Crippen molar-refractivity contribution < 1.29 is 9.47 Å². The molecule has 0 saturated carbocycles. The van der Waals surface area contributed by atoms with Crippen LogP contribution in [0.4, 0.5) is 5.69 Å². The Bertz CT molecular complexity index is 503. The normalized spacial score (nSPS) is 9.89. The van der Waals surface area contributed by atoms with E-state index in [1.54, 1.807) is 32.8 Å². The van der Waals surface area contributed by atoms with Crippen molar-refractivity contribution in [2.24, 2.45) is 0 Å². The van der Waals surface area contributed by atoms with Crippen LogP contribution >= 0.6 is 0 Å². The number of ether oxygens (including phenoxy) is 2. The first kappa shape index (κ1) is 12.2. The van der Waals surface area contributed by atoms with Gasteiger partial charge in [-0.2, -0.15) is 0 Å². The molecule has 0 radical (unpaired) electrons. The lowest BCUT2D eigenvalue weighted by molar-refractivity contribution is 0.404. The lowest BCUT2D eigenvalue weighted by Crippen LogP contribution is -2.03. The maximum absolute atomic E-state index is 5.28. The predicted octanol–water partition coefficient (Wildman–Crippen LogP) is 2.11. The molecule has 0 aliphatic heterocycles. The van der Waals surface area contributed by atoms with Gasteiger partial charge < -0.3 is 14.8 Å². The summed E-state index contributed by atoms with van der Waals surface area (Å²) < 4.78 is 10.5.